The summed E-state index contributed by atoms with van der Waals surface area (Å²) in [6.45, 7) is 12.4. The zero-order chi connectivity index (χ0) is 38.3. The smallest absolute Gasteiger partial charge is 0.321 e. The number of carbonyl (C=O) groups is 5. The second-order valence-electron chi connectivity index (χ2n) is 14.4. The third-order valence-electron chi connectivity index (χ3n) is 11.3. The van der Waals surface area contributed by atoms with E-state index < -0.39 is 24.0 Å². The first-order valence-electron chi connectivity index (χ1n) is 18.3. The van der Waals surface area contributed by atoms with Crippen molar-refractivity contribution in [3.8, 4) is 0 Å². The minimum absolute atomic E-state index is 0.0590. The Balaban J connectivity index is 1.62. The van der Waals surface area contributed by atoms with E-state index in [4.69, 9.17) is 19.4 Å². The van der Waals surface area contributed by atoms with Crippen LogP contribution in [-0.4, -0.2) is 76.8 Å². The van der Waals surface area contributed by atoms with Crippen molar-refractivity contribution in [2.24, 2.45) is 0 Å². The highest BCUT2D eigenvalue weighted by Crippen LogP contribution is 2.48. The van der Waals surface area contributed by atoms with Crippen molar-refractivity contribution in [2.45, 2.75) is 103 Å². The second-order valence-corrected chi connectivity index (χ2v) is 14.4. The van der Waals surface area contributed by atoms with Crippen LogP contribution in [-0.2, 0) is 23.9 Å². The highest BCUT2D eigenvalue weighted by molar-refractivity contribution is 6.23. The Hall–Kier alpha value is -5.17. The Bertz CT molecular complexity index is 2170. The summed E-state index contributed by atoms with van der Waals surface area (Å²) >= 11 is 0. The number of methoxy groups -OCH3 is 1. The molecule has 53 heavy (non-hydrogen) atoms. The Morgan fingerprint density at radius 1 is 0.962 bits per heavy atom. The number of fused-ring (bicyclic) bond motifs is 8. The maximum atomic E-state index is 14.3. The Kier molecular flexibility index (Phi) is 10.7. The van der Waals surface area contributed by atoms with E-state index in [1.54, 1.807) is 14.0 Å². The summed E-state index contributed by atoms with van der Waals surface area (Å²) in [6.07, 6.45) is 0.792. The molecule has 0 spiro atoms. The van der Waals surface area contributed by atoms with Crippen molar-refractivity contribution in [1.82, 2.24) is 30.6 Å². The molecule has 2 aliphatic heterocycles. The number of H-pyrrole nitrogens is 2. The highest BCUT2D eigenvalue weighted by Gasteiger charge is 2.45. The van der Waals surface area contributed by atoms with Crippen molar-refractivity contribution in [1.29, 1.82) is 0 Å². The lowest BCUT2D eigenvalue weighted by atomic mass is 9.84. The number of ketones is 2. The zero-order valence-corrected chi connectivity index (χ0v) is 31.6. The van der Waals surface area contributed by atoms with E-state index in [1.165, 1.54) is 7.11 Å². The van der Waals surface area contributed by atoms with Gasteiger partial charge in [-0.15, -0.1) is 0 Å². The Labute approximate surface area is 308 Å². The van der Waals surface area contributed by atoms with Gasteiger partial charge in [0, 0.05) is 87.9 Å². The summed E-state index contributed by atoms with van der Waals surface area (Å²) in [7, 11) is 3.02. The third-order valence-corrected chi connectivity index (χ3v) is 11.3. The van der Waals surface area contributed by atoms with E-state index in [9.17, 15) is 24.0 Å². The van der Waals surface area contributed by atoms with Gasteiger partial charge in [-0.2, -0.15) is 0 Å². The van der Waals surface area contributed by atoms with E-state index >= 15 is 0 Å². The van der Waals surface area contributed by atoms with Crippen LogP contribution in [0.15, 0.2) is 18.2 Å². The first-order valence-corrected chi connectivity index (χ1v) is 18.3. The molecule has 3 aromatic rings. The van der Waals surface area contributed by atoms with Gasteiger partial charge in [-0.25, -0.2) is 0 Å². The summed E-state index contributed by atoms with van der Waals surface area (Å²) in [4.78, 5) is 82.5. The molecule has 3 aromatic heterocycles. The molecule has 6 rings (SSSR count). The van der Waals surface area contributed by atoms with Crippen LogP contribution in [0.2, 0.25) is 0 Å². The van der Waals surface area contributed by atoms with Crippen molar-refractivity contribution >= 4 is 52.0 Å². The lowest BCUT2D eigenvalue weighted by Crippen LogP contribution is -2.38. The van der Waals surface area contributed by atoms with Crippen LogP contribution in [0.25, 0.3) is 22.1 Å². The van der Waals surface area contributed by atoms with Gasteiger partial charge in [0.2, 0.25) is 5.91 Å². The summed E-state index contributed by atoms with van der Waals surface area (Å²) < 4.78 is 10.3. The standard InChI is InChI=1S/C40H48N6O7/c1-9-23-18(2)25-16-30-33(22(6)48)20(4)27(43-30)14-26-19(3)24(10-11-31(49)46-32(53-17-47)12-13-41-7)37(44-26)35-36(40(51)52-8)39(50)34-21(5)28(45-38(34)35)15-29(23)42-25/h14-19,23-24,32,36,41,43,45H,9-13H2,1-8H3,(H,46,49)/t18-,19+,23-,24+,32?,36?/m1/s1. The van der Waals surface area contributed by atoms with Gasteiger partial charge in [0.05, 0.1) is 23.8 Å². The minimum atomic E-state index is -1.24. The SMILES string of the molecule is CC[C@H]1c2cc3[nH]c4c(c3C)C(=O)C(C(=O)OC)c4c3nc(cc4[nH]c(cc(n2)[C@@H]1C)c(C(C)=O)c4C)[C@@H](C)[C@@H]3CCC(=O)NC(CCNC)OC=O. The normalized spacial score (nSPS) is 21.0. The molecule has 6 atom stereocenters. The molecular weight excluding hydrogens is 676 g/mol. The summed E-state index contributed by atoms with van der Waals surface area (Å²) in [5, 5.41) is 5.77. The molecule has 0 fully saturated rings. The molecule has 280 valence electrons. The average Bonchev–Trinajstić information content (AvgIpc) is 3.86. The number of Topliss-reactive ketones (excluding diaryl/α,β-unsaturated/α-hetero) is 2. The van der Waals surface area contributed by atoms with E-state index in [-0.39, 0.29) is 41.6 Å². The molecule has 1 aliphatic carbocycles. The van der Waals surface area contributed by atoms with Crippen LogP contribution < -0.4 is 10.6 Å². The molecular formula is C40H48N6O7. The molecule has 0 saturated heterocycles. The average molecular weight is 725 g/mol. The van der Waals surface area contributed by atoms with Gasteiger partial charge in [-0.3, -0.25) is 33.9 Å². The van der Waals surface area contributed by atoms with E-state index in [0.29, 0.717) is 81.6 Å². The number of carbonyl (C=O) groups excluding carboxylic acids is 5. The predicted molar refractivity (Wildman–Crippen MR) is 199 cm³/mol. The number of hydrogen-bond acceptors (Lipinski definition) is 10. The number of hydrogen-bond donors (Lipinski definition) is 4. The molecule has 0 radical (unpaired) electrons. The number of aromatic nitrogens is 4. The quantitative estimate of drug-likeness (QED) is 0.0587. The lowest BCUT2D eigenvalue weighted by Gasteiger charge is -2.20. The number of aromatic amines is 2. The topological polar surface area (TPSA) is 185 Å². The first-order chi connectivity index (χ1) is 25.3. The van der Waals surface area contributed by atoms with Crippen LogP contribution >= 0.6 is 0 Å². The number of nitrogens with zero attached hydrogens (tertiary/aromatic N) is 2. The van der Waals surface area contributed by atoms with Gasteiger partial charge >= 0.3 is 5.97 Å². The molecule has 1 amide bonds. The fourth-order valence-corrected chi connectivity index (χ4v) is 8.39. The highest BCUT2D eigenvalue weighted by atomic mass is 16.5. The number of nitrogens with one attached hydrogen (secondary N) is 4. The van der Waals surface area contributed by atoms with Crippen molar-refractivity contribution in [3.05, 3.63) is 68.8 Å². The fourth-order valence-electron chi connectivity index (χ4n) is 8.39. The minimum Gasteiger partial charge on any atom is -0.468 e. The molecule has 3 aliphatic rings. The van der Waals surface area contributed by atoms with Crippen molar-refractivity contribution in [3.63, 3.8) is 0 Å². The number of ether oxygens (including phenoxy) is 2. The van der Waals surface area contributed by atoms with Crippen LogP contribution in [0.4, 0.5) is 0 Å². The largest absolute Gasteiger partial charge is 0.468 e. The molecule has 2 unspecified atom stereocenters. The molecule has 5 heterocycles. The zero-order valence-electron chi connectivity index (χ0n) is 31.6. The van der Waals surface area contributed by atoms with E-state index in [1.807, 2.05) is 39.0 Å². The molecule has 0 saturated carbocycles. The van der Waals surface area contributed by atoms with Gasteiger partial charge < -0.3 is 30.1 Å². The van der Waals surface area contributed by atoms with Gasteiger partial charge in [-0.05, 0) is 70.0 Å². The van der Waals surface area contributed by atoms with Crippen molar-refractivity contribution in [2.75, 3.05) is 20.7 Å². The Morgan fingerprint density at radius 2 is 1.62 bits per heavy atom. The van der Waals surface area contributed by atoms with Crippen LogP contribution in [0.5, 0.6) is 0 Å². The Morgan fingerprint density at radius 3 is 2.28 bits per heavy atom. The van der Waals surface area contributed by atoms with Gasteiger partial charge in [0.15, 0.2) is 17.8 Å². The number of rotatable bonds is 12. The van der Waals surface area contributed by atoms with Crippen LogP contribution in [0.3, 0.4) is 0 Å². The summed E-state index contributed by atoms with van der Waals surface area (Å²) in [5.74, 6) is -3.19. The monoisotopic (exact) mass is 724 g/mol. The number of aryl methyl sites for hydroxylation is 2. The van der Waals surface area contributed by atoms with Crippen molar-refractivity contribution < 1.29 is 33.4 Å². The van der Waals surface area contributed by atoms with Gasteiger partial charge in [0.1, 0.15) is 5.92 Å². The van der Waals surface area contributed by atoms with E-state index in [2.05, 4.69) is 34.4 Å². The predicted octanol–water partition coefficient (Wildman–Crippen LogP) is 5.78. The van der Waals surface area contributed by atoms with Crippen LogP contribution in [0, 0.1) is 13.8 Å². The van der Waals surface area contributed by atoms with Gasteiger partial charge in [-0.1, -0.05) is 20.8 Å². The van der Waals surface area contributed by atoms with E-state index in [0.717, 1.165) is 23.4 Å². The number of amides is 1. The fraction of sp³-hybridized carbons (Fsp3) is 0.475. The maximum Gasteiger partial charge on any atom is 0.321 e. The van der Waals surface area contributed by atoms with Crippen LogP contribution in [0.1, 0.15) is 143 Å². The molecule has 13 heteroatoms. The molecule has 4 N–H and O–H groups in total. The molecule has 8 bridgehead atoms. The van der Waals surface area contributed by atoms with Gasteiger partial charge in [0.25, 0.3) is 6.47 Å². The summed E-state index contributed by atoms with van der Waals surface area (Å²) in [6, 6.07) is 5.87. The number of esters is 1. The molecule has 13 nitrogen and oxygen atoms in total. The second kappa shape index (κ2) is 15.1. The maximum absolute atomic E-state index is 14.3. The third kappa shape index (κ3) is 6.67. The lowest BCUT2D eigenvalue weighted by molar-refractivity contribution is -0.141. The molecule has 0 aromatic carbocycles. The first kappa shape index (κ1) is 37.6. The summed E-state index contributed by atoms with van der Waals surface area (Å²) in [5.41, 5.74) is 8.41.